The minimum Gasteiger partial charge on any atom is -0.465 e. The van der Waals surface area contributed by atoms with E-state index in [0.29, 0.717) is 16.0 Å². The molecule has 1 aromatic heterocycles. The molecule has 0 spiro atoms. The summed E-state index contributed by atoms with van der Waals surface area (Å²) in [6.45, 7) is 0.402. The van der Waals surface area contributed by atoms with E-state index in [4.69, 9.17) is 4.74 Å². The molecule has 0 saturated heterocycles. The van der Waals surface area contributed by atoms with Crippen molar-refractivity contribution in [1.29, 1.82) is 0 Å². The number of esters is 1. The van der Waals surface area contributed by atoms with E-state index < -0.39 is 27.7 Å². The highest BCUT2D eigenvalue weighted by Crippen LogP contribution is 2.37. The second kappa shape index (κ2) is 9.67. The van der Waals surface area contributed by atoms with Crippen LogP contribution in [-0.2, 0) is 32.5 Å². The Morgan fingerprint density at radius 1 is 1.12 bits per heavy atom. The molecule has 4 rings (SSSR count). The normalized spacial score (nSPS) is 12.8. The van der Waals surface area contributed by atoms with Crippen molar-refractivity contribution in [2.75, 3.05) is 18.4 Å². The number of methoxy groups -OCH3 is 1. The summed E-state index contributed by atoms with van der Waals surface area (Å²) in [5.41, 5.74) is 1.35. The van der Waals surface area contributed by atoms with Gasteiger partial charge in [-0.1, -0.05) is 24.1 Å². The highest BCUT2D eigenvalue weighted by molar-refractivity contribution is 7.94. The van der Waals surface area contributed by atoms with Gasteiger partial charge in [-0.2, -0.15) is 0 Å². The lowest BCUT2D eigenvalue weighted by Gasteiger charge is -2.25. The molecule has 1 amide bonds. The second-order valence-corrected chi connectivity index (χ2v) is 10.3. The fourth-order valence-corrected chi connectivity index (χ4v) is 6.46. The molecule has 34 heavy (non-hydrogen) atoms. The minimum absolute atomic E-state index is 0.0421. The Morgan fingerprint density at radius 2 is 1.82 bits per heavy atom. The SMILES string of the molecule is COC(=O)c1c(S(=O)(=O)Nc2ccc(F)cc2)sc2c1CCN(C(=O)C#Cc1ccccc1)C2. The summed E-state index contributed by atoms with van der Waals surface area (Å²) >= 11 is 0.903. The Labute approximate surface area is 200 Å². The molecule has 0 unspecified atom stereocenters. The van der Waals surface area contributed by atoms with Crippen LogP contribution in [0.25, 0.3) is 0 Å². The summed E-state index contributed by atoms with van der Waals surface area (Å²) in [4.78, 5) is 27.2. The van der Waals surface area contributed by atoms with Gasteiger partial charge in [-0.15, -0.1) is 11.3 Å². The third-order valence-corrected chi connectivity index (χ3v) is 8.25. The zero-order chi connectivity index (χ0) is 24.3. The van der Waals surface area contributed by atoms with E-state index in [-0.39, 0.29) is 35.0 Å². The first-order chi connectivity index (χ1) is 16.3. The van der Waals surface area contributed by atoms with Crippen molar-refractivity contribution in [3.63, 3.8) is 0 Å². The standard InChI is InChI=1S/C24H19FN2O5S2/c1-32-23(29)22-19-13-14-27(21(28)12-7-16-5-3-2-4-6-16)15-20(19)33-24(22)34(30,31)26-18-10-8-17(25)9-11-18/h2-6,8-11,26H,13-15H2,1H3. The van der Waals surface area contributed by atoms with Crippen molar-refractivity contribution in [2.24, 2.45) is 0 Å². The highest BCUT2D eigenvalue weighted by atomic mass is 32.2. The molecule has 2 aromatic carbocycles. The monoisotopic (exact) mass is 498 g/mol. The summed E-state index contributed by atoms with van der Waals surface area (Å²) in [6, 6.07) is 13.9. The van der Waals surface area contributed by atoms with E-state index in [1.165, 1.54) is 24.1 Å². The van der Waals surface area contributed by atoms with Gasteiger partial charge in [-0.25, -0.2) is 17.6 Å². The summed E-state index contributed by atoms with van der Waals surface area (Å²) in [5, 5.41) is 0. The number of ether oxygens (including phenoxy) is 1. The van der Waals surface area contributed by atoms with Gasteiger partial charge in [0.1, 0.15) is 5.82 Å². The third kappa shape index (κ3) is 4.95. The van der Waals surface area contributed by atoms with Crippen LogP contribution in [0.4, 0.5) is 10.1 Å². The third-order valence-electron chi connectivity index (χ3n) is 5.13. The molecule has 174 valence electrons. The molecule has 10 heteroatoms. The molecule has 0 fully saturated rings. The van der Waals surface area contributed by atoms with Crippen LogP contribution in [0.3, 0.4) is 0 Å². The number of fused-ring (bicyclic) bond motifs is 1. The zero-order valence-electron chi connectivity index (χ0n) is 18.0. The van der Waals surface area contributed by atoms with Crippen LogP contribution in [0.15, 0.2) is 58.8 Å². The van der Waals surface area contributed by atoms with Crippen molar-refractivity contribution in [2.45, 2.75) is 17.2 Å². The molecule has 1 aliphatic heterocycles. The Bertz CT molecular complexity index is 1410. The van der Waals surface area contributed by atoms with E-state index in [2.05, 4.69) is 16.6 Å². The van der Waals surface area contributed by atoms with Gasteiger partial charge in [0.25, 0.3) is 15.9 Å². The zero-order valence-corrected chi connectivity index (χ0v) is 19.6. The Balaban J connectivity index is 1.63. The van der Waals surface area contributed by atoms with E-state index in [1.54, 1.807) is 12.1 Å². The maximum atomic E-state index is 13.2. The number of carbonyl (C=O) groups excluding carboxylic acids is 2. The van der Waals surface area contributed by atoms with Gasteiger partial charge in [0, 0.05) is 28.6 Å². The van der Waals surface area contributed by atoms with Crippen LogP contribution < -0.4 is 4.72 Å². The summed E-state index contributed by atoms with van der Waals surface area (Å²) in [6.07, 6.45) is 0.279. The quantitative estimate of drug-likeness (QED) is 0.440. The van der Waals surface area contributed by atoms with Crippen LogP contribution >= 0.6 is 11.3 Å². The van der Waals surface area contributed by atoms with Crippen molar-refractivity contribution in [3.8, 4) is 11.8 Å². The highest BCUT2D eigenvalue weighted by Gasteiger charge is 2.35. The fourth-order valence-electron chi connectivity index (χ4n) is 3.50. The van der Waals surface area contributed by atoms with Crippen LogP contribution in [-0.4, -0.2) is 38.8 Å². The first-order valence-corrected chi connectivity index (χ1v) is 12.5. The summed E-state index contributed by atoms with van der Waals surface area (Å²) in [7, 11) is -3.00. The number of amides is 1. The molecule has 0 aliphatic carbocycles. The topological polar surface area (TPSA) is 92.8 Å². The van der Waals surface area contributed by atoms with Crippen molar-refractivity contribution < 1.29 is 27.1 Å². The largest absolute Gasteiger partial charge is 0.465 e. The Kier molecular flexibility index (Phi) is 6.68. The lowest BCUT2D eigenvalue weighted by molar-refractivity contribution is -0.125. The predicted molar refractivity (Wildman–Crippen MR) is 125 cm³/mol. The second-order valence-electron chi connectivity index (χ2n) is 7.36. The molecular formula is C24H19FN2O5S2. The number of hydrogen-bond acceptors (Lipinski definition) is 6. The lowest BCUT2D eigenvalue weighted by atomic mass is 10.0. The molecule has 0 atom stereocenters. The molecule has 0 saturated carbocycles. The van der Waals surface area contributed by atoms with Gasteiger partial charge in [-0.3, -0.25) is 9.52 Å². The number of halogens is 1. The number of hydrogen-bond donors (Lipinski definition) is 1. The molecule has 1 N–H and O–H groups in total. The minimum atomic E-state index is -4.18. The van der Waals surface area contributed by atoms with Gasteiger partial charge in [0.2, 0.25) is 0 Å². The number of carbonyl (C=O) groups is 2. The number of nitrogens with zero attached hydrogens (tertiary/aromatic N) is 1. The fraction of sp³-hybridized carbons (Fsp3) is 0.167. The van der Waals surface area contributed by atoms with E-state index in [1.807, 2.05) is 18.2 Å². The lowest BCUT2D eigenvalue weighted by Crippen LogP contribution is -2.34. The van der Waals surface area contributed by atoms with E-state index in [9.17, 15) is 22.4 Å². The van der Waals surface area contributed by atoms with E-state index in [0.717, 1.165) is 23.5 Å². The first-order valence-electron chi connectivity index (χ1n) is 10.2. The maximum absolute atomic E-state index is 13.2. The molecule has 3 aromatic rings. The van der Waals surface area contributed by atoms with Crippen molar-refractivity contribution in [1.82, 2.24) is 4.90 Å². The Hall–Kier alpha value is -3.68. The van der Waals surface area contributed by atoms with E-state index >= 15 is 0 Å². The van der Waals surface area contributed by atoms with Gasteiger partial charge in [0.05, 0.1) is 19.2 Å². The number of anilines is 1. The van der Waals surface area contributed by atoms with Crippen LogP contribution in [0, 0.1) is 17.7 Å². The number of sulfonamides is 1. The van der Waals surface area contributed by atoms with Gasteiger partial charge >= 0.3 is 5.97 Å². The maximum Gasteiger partial charge on any atom is 0.340 e. The molecule has 2 heterocycles. The van der Waals surface area contributed by atoms with Gasteiger partial charge < -0.3 is 9.64 Å². The van der Waals surface area contributed by atoms with Crippen LogP contribution in [0.2, 0.25) is 0 Å². The van der Waals surface area contributed by atoms with Gasteiger partial charge in [-0.05, 0) is 48.4 Å². The average molecular weight is 499 g/mol. The van der Waals surface area contributed by atoms with Crippen molar-refractivity contribution >= 4 is 38.9 Å². The van der Waals surface area contributed by atoms with Gasteiger partial charge in [0.15, 0.2) is 4.21 Å². The number of nitrogens with one attached hydrogen (secondary N) is 1. The molecule has 1 aliphatic rings. The van der Waals surface area contributed by atoms with Crippen LogP contribution in [0.5, 0.6) is 0 Å². The smallest absolute Gasteiger partial charge is 0.340 e. The summed E-state index contributed by atoms with van der Waals surface area (Å²) < 4.78 is 46.4. The number of benzene rings is 2. The number of rotatable bonds is 4. The predicted octanol–water partition coefficient (Wildman–Crippen LogP) is 3.41. The number of thiophene rings is 1. The van der Waals surface area contributed by atoms with Crippen LogP contribution in [0.1, 0.15) is 26.4 Å². The molecule has 0 bridgehead atoms. The van der Waals surface area contributed by atoms with Crippen molar-refractivity contribution in [3.05, 3.63) is 82.0 Å². The average Bonchev–Trinajstić information content (AvgIpc) is 3.24. The molecule has 7 nitrogen and oxygen atoms in total. The first kappa shape index (κ1) is 23.5. The molecule has 0 radical (unpaired) electrons. The Morgan fingerprint density at radius 3 is 2.50 bits per heavy atom. The molecular weight excluding hydrogens is 479 g/mol. The summed E-state index contributed by atoms with van der Waals surface area (Å²) in [5.74, 6) is 3.75.